The molecule has 0 aliphatic heterocycles. The van der Waals surface area contributed by atoms with Crippen LogP contribution in [0.1, 0.15) is 43.6 Å². The second kappa shape index (κ2) is 5.64. The van der Waals surface area contributed by atoms with E-state index >= 15 is 0 Å². The van der Waals surface area contributed by atoms with Crippen molar-refractivity contribution in [3.05, 3.63) is 60.2 Å². The fourth-order valence-corrected chi connectivity index (χ4v) is 3.95. The number of nitrogens with zero attached hydrogens (tertiary/aromatic N) is 1. The van der Waals surface area contributed by atoms with E-state index in [1.807, 2.05) is 0 Å². The minimum absolute atomic E-state index is 0.767. The van der Waals surface area contributed by atoms with Crippen LogP contribution in [0.15, 0.2) is 54.6 Å². The zero-order chi connectivity index (χ0) is 14.9. The maximum Gasteiger partial charge on any atom is 0.0488 e. The van der Waals surface area contributed by atoms with Crippen LogP contribution >= 0.6 is 0 Å². The lowest BCUT2D eigenvalue weighted by Crippen LogP contribution is -2.04. The molecule has 1 aromatic heterocycles. The van der Waals surface area contributed by atoms with Gasteiger partial charge in [-0.25, -0.2) is 0 Å². The molecule has 1 saturated carbocycles. The van der Waals surface area contributed by atoms with E-state index < -0.39 is 0 Å². The summed E-state index contributed by atoms with van der Waals surface area (Å²) in [6, 6.07) is 20.2. The molecule has 1 heterocycles. The second-order valence-electron chi connectivity index (χ2n) is 6.61. The average molecular weight is 289 g/mol. The van der Waals surface area contributed by atoms with Crippen molar-refractivity contribution in [3.63, 3.8) is 0 Å². The van der Waals surface area contributed by atoms with Crippen LogP contribution in [-0.2, 0) is 7.05 Å². The lowest BCUT2D eigenvalue weighted by atomic mass is 9.83. The maximum atomic E-state index is 2.42. The molecule has 1 aliphatic carbocycles. The average Bonchev–Trinajstić information content (AvgIpc) is 2.93. The Morgan fingerprint density at radius 2 is 1.68 bits per heavy atom. The lowest BCUT2D eigenvalue weighted by Gasteiger charge is -2.22. The Kier molecular flexibility index (Phi) is 3.49. The number of aromatic nitrogens is 1. The molecule has 1 fully saturated rings. The molecule has 112 valence electrons. The van der Waals surface area contributed by atoms with Gasteiger partial charge in [0, 0.05) is 23.6 Å². The molecule has 0 spiro atoms. The van der Waals surface area contributed by atoms with Crippen molar-refractivity contribution in [2.24, 2.45) is 7.05 Å². The molecule has 0 amide bonds. The van der Waals surface area contributed by atoms with Crippen LogP contribution in [0.2, 0.25) is 0 Å². The highest BCUT2D eigenvalue weighted by Gasteiger charge is 2.16. The normalized spacial score (nSPS) is 16.2. The third-order valence-corrected chi connectivity index (χ3v) is 5.21. The summed E-state index contributed by atoms with van der Waals surface area (Å²) in [6.45, 7) is 0. The van der Waals surface area contributed by atoms with E-state index in [0.717, 1.165) is 5.92 Å². The summed E-state index contributed by atoms with van der Waals surface area (Å²) in [5.41, 5.74) is 5.50. The van der Waals surface area contributed by atoms with E-state index in [9.17, 15) is 0 Å². The van der Waals surface area contributed by atoms with Gasteiger partial charge in [-0.15, -0.1) is 0 Å². The Balaban J connectivity index is 1.76. The van der Waals surface area contributed by atoms with Crippen LogP contribution in [0.3, 0.4) is 0 Å². The molecule has 22 heavy (non-hydrogen) atoms. The number of fused-ring (bicyclic) bond motifs is 1. The van der Waals surface area contributed by atoms with Crippen molar-refractivity contribution in [1.82, 2.24) is 4.57 Å². The summed E-state index contributed by atoms with van der Waals surface area (Å²) in [5.74, 6) is 0.767. The lowest BCUT2D eigenvalue weighted by molar-refractivity contribution is 0.443. The van der Waals surface area contributed by atoms with Crippen LogP contribution < -0.4 is 0 Å². The van der Waals surface area contributed by atoms with Gasteiger partial charge in [0.15, 0.2) is 0 Å². The van der Waals surface area contributed by atoms with Gasteiger partial charge in [-0.3, -0.25) is 0 Å². The first-order valence-corrected chi connectivity index (χ1v) is 8.48. The van der Waals surface area contributed by atoms with Gasteiger partial charge in [0.2, 0.25) is 0 Å². The van der Waals surface area contributed by atoms with Gasteiger partial charge < -0.3 is 4.57 Å². The summed E-state index contributed by atoms with van der Waals surface area (Å²) < 4.78 is 2.31. The van der Waals surface area contributed by atoms with Gasteiger partial charge >= 0.3 is 0 Å². The SMILES string of the molecule is Cn1c(-c2cccc(C3CCCCC3)c2)cc2ccccc21. The molecule has 1 aliphatic rings. The predicted octanol–water partition coefficient (Wildman–Crippen LogP) is 5.89. The van der Waals surface area contributed by atoms with Gasteiger partial charge in [0.1, 0.15) is 0 Å². The Bertz CT molecular complexity index is 791. The molecule has 0 bridgehead atoms. The highest BCUT2D eigenvalue weighted by Crippen LogP contribution is 2.35. The predicted molar refractivity (Wildman–Crippen MR) is 94.2 cm³/mol. The van der Waals surface area contributed by atoms with E-state index in [0.29, 0.717) is 0 Å². The summed E-state index contributed by atoms with van der Waals surface area (Å²) >= 11 is 0. The van der Waals surface area contributed by atoms with Gasteiger partial charge in [-0.2, -0.15) is 0 Å². The molecule has 0 saturated heterocycles. The van der Waals surface area contributed by atoms with Crippen LogP contribution in [0.25, 0.3) is 22.2 Å². The van der Waals surface area contributed by atoms with Crippen LogP contribution in [0.5, 0.6) is 0 Å². The number of hydrogen-bond donors (Lipinski definition) is 0. The van der Waals surface area contributed by atoms with E-state index in [4.69, 9.17) is 0 Å². The third-order valence-electron chi connectivity index (χ3n) is 5.21. The van der Waals surface area contributed by atoms with Gasteiger partial charge in [-0.1, -0.05) is 55.7 Å². The first kappa shape index (κ1) is 13.6. The minimum Gasteiger partial charge on any atom is -0.344 e. The minimum atomic E-state index is 0.767. The van der Waals surface area contributed by atoms with Crippen molar-refractivity contribution in [2.75, 3.05) is 0 Å². The van der Waals surface area contributed by atoms with Crippen LogP contribution in [-0.4, -0.2) is 4.57 Å². The first-order valence-electron chi connectivity index (χ1n) is 8.48. The van der Waals surface area contributed by atoms with Gasteiger partial charge in [0.05, 0.1) is 0 Å². The summed E-state index contributed by atoms with van der Waals surface area (Å²) in [5, 5.41) is 1.32. The standard InChI is InChI=1S/C21H23N/c1-22-20-13-6-5-10-19(20)15-21(22)18-12-7-11-17(14-18)16-8-3-2-4-9-16/h5-7,10-16H,2-4,8-9H2,1H3. The quantitative estimate of drug-likeness (QED) is 0.554. The molecule has 0 N–H and O–H groups in total. The fourth-order valence-electron chi connectivity index (χ4n) is 3.95. The fraction of sp³-hybridized carbons (Fsp3) is 0.333. The summed E-state index contributed by atoms with van der Waals surface area (Å²) in [7, 11) is 2.17. The Morgan fingerprint density at radius 1 is 0.864 bits per heavy atom. The van der Waals surface area contributed by atoms with E-state index in [1.165, 1.54) is 59.8 Å². The second-order valence-corrected chi connectivity index (χ2v) is 6.61. The number of hydrogen-bond acceptors (Lipinski definition) is 0. The largest absolute Gasteiger partial charge is 0.344 e. The zero-order valence-corrected chi connectivity index (χ0v) is 13.3. The van der Waals surface area contributed by atoms with Crippen molar-refractivity contribution >= 4 is 10.9 Å². The number of rotatable bonds is 2. The van der Waals surface area contributed by atoms with Crippen molar-refractivity contribution in [3.8, 4) is 11.3 Å². The third kappa shape index (κ3) is 2.35. The summed E-state index contributed by atoms with van der Waals surface area (Å²) in [6.07, 6.45) is 6.92. The molecule has 1 heteroatoms. The molecule has 4 rings (SSSR count). The van der Waals surface area contributed by atoms with E-state index in [2.05, 4.69) is 66.2 Å². The number of aryl methyl sites for hydroxylation is 1. The monoisotopic (exact) mass is 289 g/mol. The van der Waals surface area contributed by atoms with Crippen LogP contribution in [0.4, 0.5) is 0 Å². The topological polar surface area (TPSA) is 4.93 Å². The van der Waals surface area contributed by atoms with Crippen molar-refractivity contribution in [2.45, 2.75) is 38.0 Å². The van der Waals surface area contributed by atoms with E-state index in [-0.39, 0.29) is 0 Å². The summed E-state index contributed by atoms with van der Waals surface area (Å²) in [4.78, 5) is 0. The zero-order valence-electron chi connectivity index (χ0n) is 13.3. The van der Waals surface area contributed by atoms with Crippen molar-refractivity contribution in [1.29, 1.82) is 0 Å². The maximum absolute atomic E-state index is 2.42. The smallest absolute Gasteiger partial charge is 0.0488 e. The van der Waals surface area contributed by atoms with Crippen molar-refractivity contribution < 1.29 is 0 Å². The Labute approximate surface area is 132 Å². The highest BCUT2D eigenvalue weighted by molar-refractivity contribution is 5.87. The number of para-hydroxylation sites is 1. The highest BCUT2D eigenvalue weighted by atomic mass is 14.9. The molecule has 1 nitrogen and oxygen atoms in total. The molecule has 2 aromatic carbocycles. The van der Waals surface area contributed by atoms with Gasteiger partial charge in [-0.05, 0) is 48.1 Å². The Hall–Kier alpha value is -2.02. The molecular weight excluding hydrogens is 266 g/mol. The van der Waals surface area contributed by atoms with Gasteiger partial charge in [0.25, 0.3) is 0 Å². The number of benzene rings is 2. The molecular formula is C21H23N. The van der Waals surface area contributed by atoms with Crippen LogP contribution in [0, 0.1) is 0 Å². The molecule has 0 radical (unpaired) electrons. The van der Waals surface area contributed by atoms with E-state index in [1.54, 1.807) is 0 Å². The molecule has 0 atom stereocenters. The molecule has 3 aromatic rings. The molecule has 0 unspecified atom stereocenters. The first-order chi connectivity index (χ1) is 10.8. The Morgan fingerprint density at radius 3 is 2.50 bits per heavy atom.